The zero-order valence-corrected chi connectivity index (χ0v) is 13.8. The Hall–Kier alpha value is -1.82. The third-order valence-corrected chi connectivity index (χ3v) is 4.56. The van der Waals surface area contributed by atoms with Gasteiger partial charge < -0.3 is 24.3 Å². The number of β-amino-alcohol motifs (C(OH)–C–C–N with tert-alkyl or cyclic N) is 1. The van der Waals surface area contributed by atoms with Crippen molar-refractivity contribution in [2.45, 2.75) is 31.5 Å². The summed E-state index contributed by atoms with van der Waals surface area (Å²) in [6.45, 7) is 3.30. The number of rotatable bonds is 7. The Morgan fingerprint density at radius 1 is 1.17 bits per heavy atom. The molecule has 0 radical (unpaired) electrons. The van der Waals surface area contributed by atoms with E-state index in [1.165, 1.54) is 5.56 Å². The number of phenols is 1. The highest BCUT2D eigenvalue weighted by molar-refractivity contribution is 5.28. The van der Waals surface area contributed by atoms with Gasteiger partial charge in [0.15, 0.2) is 0 Å². The largest absolute Gasteiger partial charge is 0.508 e. The first-order valence-corrected chi connectivity index (χ1v) is 8.50. The molecule has 1 atom stereocenters. The van der Waals surface area contributed by atoms with Crippen LogP contribution >= 0.6 is 0 Å². The molecule has 3 rings (SSSR count). The molecule has 5 nitrogen and oxygen atoms in total. The van der Waals surface area contributed by atoms with Gasteiger partial charge in [-0.1, -0.05) is 12.1 Å². The summed E-state index contributed by atoms with van der Waals surface area (Å²) < 4.78 is 10.7. The fourth-order valence-corrected chi connectivity index (χ4v) is 3.24. The second-order valence-corrected chi connectivity index (χ2v) is 6.41. The van der Waals surface area contributed by atoms with E-state index in [-0.39, 0.29) is 0 Å². The molecule has 0 saturated carbocycles. The molecule has 5 heteroatoms. The second kappa shape index (κ2) is 8.33. The first-order valence-electron chi connectivity index (χ1n) is 8.50. The van der Waals surface area contributed by atoms with Crippen molar-refractivity contribution in [3.05, 3.63) is 54.0 Å². The number of phenolic OH excluding ortho intramolecular Hbond substituents is 1. The molecular weight excluding hydrogens is 306 g/mol. The summed E-state index contributed by atoms with van der Waals surface area (Å²) in [5.74, 6) is 1.62. The molecule has 1 aromatic carbocycles. The summed E-state index contributed by atoms with van der Waals surface area (Å²) in [5, 5.41) is 19.5. The Labute approximate surface area is 142 Å². The summed E-state index contributed by atoms with van der Waals surface area (Å²) in [6.07, 6.45) is 3.29. The molecule has 2 aromatic rings. The molecule has 0 spiro atoms. The molecule has 130 valence electrons. The molecule has 2 N–H and O–H groups in total. The number of hydrogen-bond acceptors (Lipinski definition) is 5. The quantitative estimate of drug-likeness (QED) is 0.817. The molecule has 1 saturated heterocycles. The molecule has 24 heavy (non-hydrogen) atoms. The molecule has 0 aliphatic carbocycles. The van der Waals surface area contributed by atoms with E-state index in [2.05, 4.69) is 4.90 Å². The Balaban J connectivity index is 1.36. The first kappa shape index (κ1) is 17.0. The topological polar surface area (TPSA) is 66.1 Å². The van der Waals surface area contributed by atoms with E-state index in [1.807, 2.05) is 24.3 Å². The van der Waals surface area contributed by atoms with Crippen molar-refractivity contribution >= 4 is 0 Å². The summed E-state index contributed by atoms with van der Waals surface area (Å²) >= 11 is 0. The van der Waals surface area contributed by atoms with Gasteiger partial charge in [0, 0.05) is 6.54 Å². The molecule has 1 fully saturated rings. The van der Waals surface area contributed by atoms with E-state index < -0.39 is 6.10 Å². The van der Waals surface area contributed by atoms with Gasteiger partial charge in [-0.2, -0.15) is 0 Å². The van der Waals surface area contributed by atoms with Crippen LogP contribution in [0.3, 0.4) is 0 Å². The Morgan fingerprint density at radius 2 is 1.92 bits per heavy atom. The SMILES string of the molecule is Oc1ccc(C2CCN(C[C@H](O)COCc3ccco3)CC2)cc1. The van der Waals surface area contributed by atoms with Crippen LogP contribution < -0.4 is 0 Å². The van der Waals surface area contributed by atoms with Gasteiger partial charge in [0.1, 0.15) is 18.1 Å². The van der Waals surface area contributed by atoms with Crippen molar-refractivity contribution < 1.29 is 19.4 Å². The number of nitrogens with zero attached hydrogens (tertiary/aromatic N) is 1. The van der Waals surface area contributed by atoms with Gasteiger partial charge in [-0.3, -0.25) is 0 Å². The Morgan fingerprint density at radius 3 is 2.58 bits per heavy atom. The lowest BCUT2D eigenvalue weighted by Gasteiger charge is -2.33. The maximum Gasteiger partial charge on any atom is 0.129 e. The number of benzene rings is 1. The van der Waals surface area contributed by atoms with E-state index in [0.29, 0.717) is 31.4 Å². The maximum absolute atomic E-state index is 10.1. The minimum atomic E-state index is -0.481. The molecular formula is C19H25NO4. The number of piperidine rings is 1. The third kappa shape index (κ3) is 4.84. The molecule has 1 aliphatic rings. The number of aromatic hydroxyl groups is 1. The highest BCUT2D eigenvalue weighted by Crippen LogP contribution is 2.29. The van der Waals surface area contributed by atoms with E-state index in [9.17, 15) is 10.2 Å². The van der Waals surface area contributed by atoms with Crippen molar-refractivity contribution in [2.24, 2.45) is 0 Å². The van der Waals surface area contributed by atoms with Crippen LogP contribution in [0.15, 0.2) is 47.1 Å². The fourth-order valence-electron chi connectivity index (χ4n) is 3.24. The highest BCUT2D eigenvalue weighted by Gasteiger charge is 2.22. The van der Waals surface area contributed by atoms with E-state index in [4.69, 9.17) is 9.15 Å². The number of aliphatic hydroxyl groups excluding tert-OH is 1. The average molecular weight is 331 g/mol. The second-order valence-electron chi connectivity index (χ2n) is 6.41. The number of ether oxygens (including phenoxy) is 1. The predicted octanol–water partition coefficient (Wildman–Crippen LogP) is 2.74. The predicted molar refractivity (Wildman–Crippen MR) is 90.9 cm³/mol. The molecule has 2 heterocycles. The third-order valence-electron chi connectivity index (χ3n) is 4.56. The van der Waals surface area contributed by atoms with Gasteiger partial charge in [-0.25, -0.2) is 0 Å². The van der Waals surface area contributed by atoms with Crippen LogP contribution in [0.1, 0.15) is 30.1 Å². The van der Waals surface area contributed by atoms with Gasteiger partial charge in [-0.15, -0.1) is 0 Å². The monoisotopic (exact) mass is 331 g/mol. The summed E-state index contributed by atoms with van der Waals surface area (Å²) in [6, 6.07) is 11.2. The zero-order chi connectivity index (χ0) is 16.8. The Kier molecular flexibility index (Phi) is 5.91. The number of aliphatic hydroxyl groups is 1. The van der Waals surface area contributed by atoms with Gasteiger partial charge in [0.25, 0.3) is 0 Å². The molecule has 0 bridgehead atoms. The summed E-state index contributed by atoms with van der Waals surface area (Å²) in [7, 11) is 0. The highest BCUT2D eigenvalue weighted by atomic mass is 16.5. The first-order chi connectivity index (χ1) is 11.7. The van der Waals surface area contributed by atoms with Crippen LogP contribution in [0.25, 0.3) is 0 Å². The lowest BCUT2D eigenvalue weighted by molar-refractivity contribution is 0.00174. The molecule has 1 aromatic heterocycles. The Bertz CT molecular complexity index is 588. The van der Waals surface area contributed by atoms with Gasteiger partial charge >= 0.3 is 0 Å². The number of likely N-dealkylation sites (tertiary alicyclic amines) is 1. The van der Waals surface area contributed by atoms with Crippen molar-refractivity contribution in [1.82, 2.24) is 4.90 Å². The van der Waals surface area contributed by atoms with Crippen LogP contribution in [-0.4, -0.2) is 47.5 Å². The van der Waals surface area contributed by atoms with Crippen LogP contribution in [0.4, 0.5) is 0 Å². The van der Waals surface area contributed by atoms with E-state index in [0.717, 1.165) is 31.7 Å². The normalized spacial score (nSPS) is 17.9. The van der Waals surface area contributed by atoms with Crippen LogP contribution in [0.2, 0.25) is 0 Å². The average Bonchev–Trinajstić information content (AvgIpc) is 3.10. The fraction of sp³-hybridized carbons (Fsp3) is 0.474. The van der Waals surface area contributed by atoms with Crippen molar-refractivity contribution in [3.8, 4) is 5.75 Å². The maximum atomic E-state index is 10.1. The number of hydrogen-bond donors (Lipinski definition) is 2. The van der Waals surface area contributed by atoms with E-state index >= 15 is 0 Å². The summed E-state index contributed by atoms with van der Waals surface area (Å²) in [5.41, 5.74) is 1.29. The van der Waals surface area contributed by atoms with Crippen molar-refractivity contribution in [3.63, 3.8) is 0 Å². The van der Waals surface area contributed by atoms with Gasteiger partial charge in [-0.05, 0) is 61.7 Å². The van der Waals surface area contributed by atoms with Crippen molar-refractivity contribution in [2.75, 3.05) is 26.2 Å². The minimum Gasteiger partial charge on any atom is -0.508 e. The standard InChI is InChI=1S/C19H25NO4/c21-17-5-3-15(4-6-17)16-7-9-20(10-8-16)12-18(22)13-23-14-19-2-1-11-24-19/h1-6,11,16,18,21-22H,7-10,12-14H2/t18-/m0/s1. The smallest absolute Gasteiger partial charge is 0.129 e. The lowest BCUT2D eigenvalue weighted by atomic mass is 9.89. The lowest BCUT2D eigenvalue weighted by Crippen LogP contribution is -2.39. The van der Waals surface area contributed by atoms with Crippen molar-refractivity contribution in [1.29, 1.82) is 0 Å². The van der Waals surface area contributed by atoms with Crippen LogP contribution in [0.5, 0.6) is 5.75 Å². The molecule has 0 amide bonds. The molecule has 1 aliphatic heterocycles. The molecule has 0 unspecified atom stereocenters. The van der Waals surface area contributed by atoms with Gasteiger partial charge in [0.05, 0.1) is 19.0 Å². The summed E-state index contributed by atoms with van der Waals surface area (Å²) in [4.78, 5) is 2.29. The van der Waals surface area contributed by atoms with Crippen LogP contribution in [-0.2, 0) is 11.3 Å². The number of furan rings is 1. The minimum absolute atomic E-state index is 0.314. The zero-order valence-electron chi connectivity index (χ0n) is 13.8. The van der Waals surface area contributed by atoms with Gasteiger partial charge in [0.2, 0.25) is 0 Å². The van der Waals surface area contributed by atoms with E-state index in [1.54, 1.807) is 18.4 Å². The van der Waals surface area contributed by atoms with Crippen LogP contribution in [0, 0.1) is 0 Å².